The fourth-order valence-electron chi connectivity index (χ4n) is 1.75. The maximum atomic E-state index is 14.2. The van der Waals surface area contributed by atoms with Gasteiger partial charge in [0, 0.05) is 6.42 Å². The number of nitrogens with one attached hydrogen (secondary N) is 1. The van der Waals surface area contributed by atoms with E-state index in [4.69, 9.17) is 5.26 Å². The molecule has 1 aliphatic rings. The Morgan fingerprint density at radius 2 is 2.25 bits per heavy atom. The lowest BCUT2D eigenvalue weighted by atomic mass is 10.1. The predicted molar refractivity (Wildman–Crippen MR) is 56.0 cm³/mol. The third-order valence-corrected chi connectivity index (χ3v) is 2.72. The first-order valence-electron chi connectivity index (χ1n) is 5.07. The number of rotatable bonds is 3. The first-order valence-corrected chi connectivity index (χ1v) is 5.07. The largest absolute Gasteiger partial charge is 0.349 e. The smallest absolute Gasteiger partial charge is 0.234 e. The van der Waals surface area contributed by atoms with Crippen LogP contribution in [0.2, 0.25) is 0 Å². The molecule has 2 atom stereocenters. The van der Waals surface area contributed by atoms with E-state index in [9.17, 15) is 9.18 Å². The first-order chi connectivity index (χ1) is 7.66. The van der Waals surface area contributed by atoms with E-state index in [1.807, 2.05) is 6.07 Å². The molecule has 2 unspecified atom stereocenters. The molecule has 2 rings (SSSR count). The zero-order valence-corrected chi connectivity index (χ0v) is 8.61. The van der Waals surface area contributed by atoms with Crippen LogP contribution in [0, 0.1) is 11.3 Å². The van der Waals surface area contributed by atoms with Crippen molar-refractivity contribution in [2.45, 2.75) is 24.6 Å². The highest BCUT2D eigenvalue weighted by atomic mass is 19.1. The summed E-state index contributed by atoms with van der Waals surface area (Å²) in [6.45, 7) is 0. The fourth-order valence-corrected chi connectivity index (χ4v) is 1.75. The van der Waals surface area contributed by atoms with Crippen molar-refractivity contribution < 1.29 is 9.18 Å². The van der Waals surface area contributed by atoms with Gasteiger partial charge in [-0.15, -0.1) is 0 Å². The minimum absolute atomic E-state index is 0.221. The van der Waals surface area contributed by atoms with Gasteiger partial charge in [-0.2, -0.15) is 5.26 Å². The number of halogens is 1. The molecule has 0 saturated heterocycles. The van der Waals surface area contributed by atoms with Gasteiger partial charge in [0.25, 0.3) is 0 Å². The Labute approximate surface area is 92.9 Å². The molecule has 0 spiro atoms. The lowest BCUT2D eigenvalue weighted by molar-refractivity contribution is -0.120. The van der Waals surface area contributed by atoms with Crippen LogP contribution in [0.1, 0.15) is 18.4 Å². The molecular weight excluding hydrogens is 207 g/mol. The van der Waals surface area contributed by atoms with Crippen molar-refractivity contribution in [3.05, 3.63) is 35.9 Å². The molecule has 0 bridgehead atoms. The molecule has 16 heavy (non-hydrogen) atoms. The van der Waals surface area contributed by atoms with Gasteiger partial charge < -0.3 is 5.32 Å². The second-order valence-corrected chi connectivity index (χ2v) is 3.89. The molecule has 1 aromatic rings. The third-order valence-electron chi connectivity index (χ3n) is 2.72. The quantitative estimate of drug-likeness (QED) is 0.838. The Balaban J connectivity index is 2.00. The van der Waals surface area contributed by atoms with Crippen LogP contribution in [-0.4, -0.2) is 11.9 Å². The van der Waals surface area contributed by atoms with Crippen molar-refractivity contribution in [3.63, 3.8) is 0 Å². The van der Waals surface area contributed by atoms with E-state index in [1.54, 1.807) is 30.3 Å². The number of amides is 1. The Bertz CT molecular complexity index is 440. The number of benzene rings is 1. The molecule has 82 valence electrons. The number of hydrogen-bond acceptors (Lipinski definition) is 2. The minimum Gasteiger partial charge on any atom is -0.349 e. The van der Waals surface area contributed by atoms with E-state index in [2.05, 4.69) is 5.32 Å². The van der Waals surface area contributed by atoms with Crippen molar-refractivity contribution in [2.75, 3.05) is 0 Å². The number of nitriles is 1. The van der Waals surface area contributed by atoms with Crippen LogP contribution >= 0.6 is 0 Å². The summed E-state index contributed by atoms with van der Waals surface area (Å²) in [6.07, 6.45) is 0.0650. The molecule has 1 aliphatic carbocycles. The molecule has 3 nitrogen and oxygen atoms in total. The number of hydrogen-bond donors (Lipinski definition) is 1. The number of carbonyl (C=O) groups excluding carboxylic acids is 1. The molecule has 0 aliphatic heterocycles. The van der Waals surface area contributed by atoms with Crippen LogP contribution in [-0.2, 0) is 10.5 Å². The molecule has 0 heterocycles. The molecule has 4 heteroatoms. The van der Waals surface area contributed by atoms with Crippen molar-refractivity contribution in [2.24, 2.45) is 0 Å². The molecule has 1 aromatic carbocycles. The van der Waals surface area contributed by atoms with Gasteiger partial charge in [-0.25, -0.2) is 4.39 Å². The van der Waals surface area contributed by atoms with Crippen molar-refractivity contribution in [1.82, 2.24) is 5.32 Å². The fraction of sp³-hybridized carbons (Fsp3) is 0.333. The van der Waals surface area contributed by atoms with Gasteiger partial charge in [0.05, 0.1) is 12.1 Å². The van der Waals surface area contributed by atoms with Crippen LogP contribution in [0.5, 0.6) is 0 Å². The molecule has 1 N–H and O–H groups in total. The highest BCUT2D eigenvalue weighted by molar-refractivity contribution is 5.79. The number of alkyl halides is 1. The average Bonchev–Trinajstić information content (AvgIpc) is 2.92. The summed E-state index contributed by atoms with van der Waals surface area (Å²) in [5.74, 6) is -0.414. The van der Waals surface area contributed by atoms with E-state index < -0.39 is 17.6 Å². The monoisotopic (exact) mass is 218 g/mol. The first kappa shape index (κ1) is 10.6. The lowest BCUT2D eigenvalue weighted by Crippen LogP contribution is -2.29. The van der Waals surface area contributed by atoms with Crippen molar-refractivity contribution in [3.8, 4) is 6.07 Å². The summed E-state index contributed by atoms with van der Waals surface area (Å²) >= 11 is 0. The highest BCUT2D eigenvalue weighted by Crippen LogP contribution is 2.49. The molecule has 1 saturated carbocycles. The normalized spacial score (nSPS) is 26.9. The lowest BCUT2D eigenvalue weighted by Gasteiger charge is -2.08. The Hall–Kier alpha value is -1.89. The van der Waals surface area contributed by atoms with Gasteiger partial charge in [0.2, 0.25) is 5.91 Å². The van der Waals surface area contributed by atoms with Gasteiger partial charge in [0.15, 0.2) is 5.67 Å². The predicted octanol–water partition coefficient (Wildman–Crippen LogP) is 1.65. The van der Waals surface area contributed by atoms with Crippen LogP contribution < -0.4 is 5.32 Å². The molecule has 0 radical (unpaired) electrons. The van der Waals surface area contributed by atoms with E-state index >= 15 is 0 Å². The van der Waals surface area contributed by atoms with Gasteiger partial charge in [0.1, 0.15) is 6.42 Å². The van der Waals surface area contributed by atoms with Crippen LogP contribution in [0.15, 0.2) is 30.3 Å². The maximum Gasteiger partial charge on any atom is 0.234 e. The zero-order chi connectivity index (χ0) is 11.6. The standard InChI is InChI=1S/C12H11FN2O/c13-12(9-4-2-1-3-5-9)8-10(12)15-11(16)6-7-14/h1-5,10H,6,8H2,(H,15,16). The second-order valence-electron chi connectivity index (χ2n) is 3.89. The molecule has 1 amide bonds. The SMILES string of the molecule is N#CCC(=O)NC1CC1(F)c1ccccc1. The summed E-state index contributed by atoms with van der Waals surface area (Å²) in [7, 11) is 0. The van der Waals surface area contributed by atoms with Crippen LogP contribution in [0.4, 0.5) is 4.39 Å². The molecule has 0 aromatic heterocycles. The summed E-state index contributed by atoms with van der Waals surface area (Å²) in [6, 6.07) is 10.0. The van der Waals surface area contributed by atoms with E-state index in [0.29, 0.717) is 5.56 Å². The summed E-state index contributed by atoms with van der Waals surface area (Å²) in [5.41, 5.74) is -0.871. The van der Waals surface area contributed by atoms with Gasteiger partial charge in [-0.1, -0.05) is 30.3 Å². The topological polar surface area (TPSA) is 52.9 Å². The van der Waals surface area contributed by atoms with Crippen molar-refractivity contribution in [1.29, 1.82) is 5.26 Å². The van der Waals surface area contributed by atoms with Gasteiger partial charge in [-0.05, 0) is 5.56 Å². The number of nitrogens with zero attached hydrogens (tertiary/aromatic N) is 1. The Morgan fingerprint density at radius 3 is 2.88 bits per heavy atom. The molecular formula is C12H11FN2O. The maximum absolute atomic E-state index is 14.2. The van der Waals surface area contributed by atoms with E-state index in [1.165, 1.54) is 0 Å². The minimum atomic E-state index is -1.45. The summed E-state index contributed by atoms with van der Waals surface area (Å²) < 4.78 is 14.2. The third kappa shape index (κ3) is 1.89. The zero-order valence-electron chi connectivity index (χ0n) is 8.61. The van der Waals surface area contributed by atoms with Gasteiger partial charge >= 0.3 is 0 Å². The second kappa shape index (κ2) is 3.93. The summed E-state index contributed by atoms with van der Waals surface area (Å²) in [4.78, 5) is 11.1. The van der Waals surface area contributed by atoms with E-state index in [0.717, 1.165) is 0 Å². The molecule has 1 fully saturated rings. The van der Waals surface area contributed by atoms with Crippen molar-refractivity contribution >= 4 is 5.91 Å². The Kier molecular flexibility index (Phi) is 2.61. The van der Waals surface area contributed by atoms with Crippen LogP contribution in [0.25, 0.3) is 0 Å². The number of carbonyl (C=O) groups is 1. The van der Waals surface area contributed by atoms with Crippen LogP contribution in [0.3, 0.4) is 0 Å². The Morgan fingerprint density at radius 1 is 1.56 bits per heavy atom. The van der Waals surface area contributed by atoms with Gasteiger partial charge in [-0.3, -0.25) is 4.79 Å². The average molecular weight is 218 g/mol. The summed E-state index contributed by atoms with van der Waals surface area (Å²) in [5, 5.41) is 10.8. The highest BCUT2D eigenvalue weighted by Gasteiger charge is 2.57. The van der Waals surface area contributed by atoms with E-state index in [-0.39, 0.29) is 12.8 Å².